The number of benzene rings is 1. The van der Waals surface area contributed by atoms with Crippen LogP contribution in [0.3, 0.4) is 0 Å². The van der Waals surface area contributed by atoms with E-state index in [9.17, 15) is 0 Å². The molecule has 1 aliphatic rings. The molecule has 0 radical (unpaired) electrons. The molecule has 1 aliphatic heterocycles. The normalized spacial score (nSPS) is 19.7. The molecule has 0 aromatic heterocycles. The van der Waals surface area contributed by atoms with Crippen molar-refractivity contribution >= 4 is 15.9 Å². The number of likely N-dealkylation sites (tertiary alicyclic amines) is 1. The van der Waals surface area contributed by atoms with E-state index >= 15 is 0 Å². The fourth-order valence-corrected chi connectivity index (χ4v) is 3.33. The first-order chi connectivity index (χ1) is 10.2. The number of ether oxygens (including phenoxy) is 1. The molecule has 0 amide bonds. The van der Waals surface area contributed by atoms with Gasteiger partial charge in [-0.05, 0) is 56.1 Å². The van der Waals surface area contributed by atoms with Crippen LogP contribution in [0.2, 0.25) is 0 Å². The molecule has 0 bridgehead atoms. The molecule has 21 heavy (non-hydrogen) atoms. The van der Waals surface area contributed by atoms with Crippen molar-refractivity contribution in [1.29, 1.82) is 0 Å². The van der Waals surface area contributed by atoms with E-state index in [0.717, 1.165) is 25.4 Å². The summed E-state index contributed by atoms with van der Waals surface area (Å²) in [6.45, 7) is 6.64. The molecule has 1 N–H and O–H groups in total. The monoisotopic (exact) mass is 354 g/mol. The Labute approximate surface area is 137 Å². The van der Waals surface area contributed by atoms with Crippen molar-refractivity contribution in [2.45, 2.75) is 45.2 Å². The molecule has 0 aliphatic carbocycles. The lowest BCUT2D eigenvalue weighted by Gasteiger charge is -2.36. The van der Waals surface area contributed by atoms with Gasteiger partial charge in [0.25, 0.3) is 0 Å². The Hall–Kier alpha value is -0.580. The molecular weight excluding hydrogens is 328 g/mol. The highest BCUT2D eigenvalue weighted by Gasteiger charge is 2.22. The number of halogens is 1. The van der Waals surface area contributed by atoms with Gasteiger partial charge in [0.1, 0.15) is 5.75 Å². The third kappa shape index (κ3) is 4.97. The summed E-state index contributed by atoms with van der Waals surface area (Å²) in [6.07, 6.45) is 5.17. The van der Waals surface area contributed by atoms with Crippen LogP contribution in [-0.2, 0) is 6.54 Å². The zero-order valence-electron chi connectivity index (χ0n) is 13.2. The van der Waals surface area contributed by atoms with E-state index in [2.05, 4.69) is 45.2 Å². The summed E-state index contributed by atoms with van der Waals surface area (Å²) < 4.78 is 6.53. The summed E-state index contributed by atoms with van der Waals surface area (Å²) in [7, 11) is 1.73. The highest BCUT2D eigenvalue weighted by atomic mass is 79.9. The van der Waals surface area contributed by atoms with Crippen LogP contribution in [0, 0.1) is 0 Å². The van der Waals surface area contributed by atoms with E-state index in [4.69, 9.17) is 4.74 Å². The molecule has 3 nitrogen and oxygen atoms in total. The van der Waals surface area contributed by atoms with E-state index in [-0.39, 0.29) is 0 Å². The molecular formula is C17H27BrN2O. The lowest BCUT2D eigenvalue weighted by Crippen LogP contribution is -2.45. The number of piperidine rings is 1. The first-order valence-electron chi connectivity index (χ1n) is 8.01. The summed E-state index contributed by atoms with van der Waals surface area (Å²) in [5, 5.41) is 3.58. The molecule has 1 unspecified atom stereocenters. The molecule has 0 saturated carbocycles. The minimum absolute atomic E-state index is 0.656. The smallest absolute Gasteiger partial charge is 0.119 e. The Balaban J connectivity index is 2.01. The van der Waals surface area contributed by atoms with Crippen LogP contribution in [-0.4, -0.2) is 37.7 Å². The standard InChI is InChI=1S/C17H27BrN2O/c1-3-9-19-12-15-6-4-5-10-20(15)13-14-11-16(21-2)7-8-17(14)18/h7-8,11,15,19H,3-6,9-10,12-13H2,1-2H3. The van der Waals surface area contributed by atoms with Crippen molar-refractivity contribution in [2.24, 2.45) is 0 Å². The third-order valence-electron chi connectivity index (χ3n) is 4.18. The number of nitrogens with zero attached hydrogens (tertiary/aromatic N) is 1. The van der Waals surface area contributed by atoms with Crippen molar-refractivity contribution in [3.8, 4) is 5.75 Å². The summed E-state index contributed by atoms with van der Waals surface area (Å²) in [4.78, 5) is 2.62. The van der Waals surface area contributed by atoms with Crippen molar-refractivity contribution < 1.29 is 4.74 Å². The molecule has 4 heteroatoms. The lowest BCUT2D eigenvalue weighted by atomic mass is 10.0. The van der Waals surface area contributed by atoms with Crippen molar-refractivity contribution in [3.05, 3.63) is 28.2 Å². The summed E-state index contributed by atoms with van der Waals surface area (Å²) >= 11 is 3.67. The summed E-state index contributed by atoms with van der Waals surface area (Å²) in [6, 6.07) is 6.89. The maximum atomic E-state index is 5.35. The highest BCUT2D eigenvalue weighted by Crippen LogP contribution is 2.26. The van der Waals surface area contributed by atoms with Gasteiger partial charge in [0, 0.05) is 23.6 Å². The molecule has 2 rings (SSSR count). The maximum absolute atomic E-state index is 5.35. The topological polar surface area (TPSA) is 24.5 Å². The fraction of sp³-hybridized carbons (Fsp3) is 0.647. The van der Waals surface area contributed by atoms with Gasteiger partial charge in [-0.1, -0.05) is 29.3 Å². The van der Waals surface area contributed by atoms with Gasteiger partial charge in [0.05, 0.1) is 7.11 Å². The first kappa shape index (κ1) is 16.8. The molecule has 0 spiro atoms. The largest absolute Gasteiger partial charge is 0.497 e. The minimum Gasteiger partial charge on any atom is -0.497 e. The zero-order valence-corrected chi connectivity index (χ0v) is 14.8. The Bertz CT molecular complexity index is 439. The predicted octanol–water partition coefficient (Wildman–Crippen LogP) is 3.81. The van der Waals surface area contributed by atoms with Gasteiger partial charge in [-0.2, -0.15) is 0 Å². The minimum atomic E-state index is 0.656. The molecule has 118 valence electrons. The van der Waals surface area contributed by atoms with Crippen molar-refractivity contribution in [3.63, 3.8) is 0 Å². The van der Waals surface area contributed by atoms with Crippen LogP contribution in [0.15, 0.2) is 22.7 Å². The second kappa shape index (κ2) is 8.76. The summed E-state index contributed by atoms with van der Waals surface area (Å²) in [5.74, 6) is 0.936. The Morgan fingerprint density at radius 2 is 2.24 bits per heavy atom. The van der Waals surface area contributed by atoms with E-state index in [1.54, 1.807) is 7.11 Å². The third-order valence-corrected chi connectivity index (χ3v) is 4.96. The molecule has 1 fully saturated rings. The van der Waals surface area contributed by atoms with Crippen molar-refractivity contribution in [1.82, 2.24) is 10.2 Å². The number of hydrogen-bond acceptors (Lipinski definition) is 3. The van der Waals surface area contributed by atoms with E-state index < -0.39 is 0 Å². The van der Waals surface area contributed by atoms with Crippen LogP contribution in [0.25, 0.3) is 0 Å². The molecule has 1 saturated heterocycles. The van der Waals surface area contributed by atoms with Crippen LogP contribution >= 0.6 is 15.9 Å². The second-order valence-electron chi connectivity index (χ2n) is 5.78. The molecule has 1 aromatic rings. The van der Waals surface area contributed by atoms with Crippen LogP contribution < -0.4 is 10.1 Å². The average molecular weight is 355 g/mol. The first-order valence-corrected chi connectivity index (χ1v) is 8.81. The van der Waals surface area contributed by atoms with Gasteiger partial charge < -0.3 is 10.1 Å². The highest BCUT2D eigenvalue weighted by molar-refractivity contribution is 9.10. The molecule has 1 atom stereocenters. The SMILES string of the molecule is CCCNCC1CCCCN1Cc1cc(OC)ccc1Br. The van der Waals surface area contributed by atoms with Gasteiger partial charge in [0.15, 0.2) is 0 Å². The Kier molecular flexibility index (Phi) is 7.00. The number of nitrogens with one attached hydrogen (secondary N) is 1. The van der Waals surface area contributed by atoms with Crippen LogP contribution in [0.5, 0.6) is 5.75 Å². The van der Waals surface area contributed by atoms with Gasteiger partial charge in [-0.15, -0.1) is 0 Å². The van der Waals surface area contributed by atoms with E-state index in [1.807, 2.05) is 6.07 Å². The Morgan fingerprint density at radius 1 is 1.38 bits per heavy atom. The van der Waals surface area contributed by atoms with Crippen LogP contribution in [0.4, 0.5) is 0 Å². The predicted molar refractivity (Wildman–Crippen MR) is 91.9 cm³/mol. The van der Waals surface area contributed by atoms with E-state index in [1.165, 1.54) is 42.3 Å². The molecule has 1 heterocycles. The van der Waals surface area contributed by atoms with Crippen LogP contribution in [0.1, 0.15) is 38.2 Å². The van der Waals surface area contributed by atoms with Gasteiger partial charge in [-0.25, -0.2) is 0 Å². The van der Waals surface area contributed by atoms with E-state index in [0.29, 0.717) is 6.04 Å². The van der Waals surface area contributed by atoms with Crippen molar-refractivity contribution in [2.75, 3.05) is 26.7 Å². The fourth-order valence-electron chi connectivity index (χ4n) is 2.96. The van der Waals surface area contributed by atoms with Gasteiger partial charge >= 0.3 is 0 Å². The second-order valence-corrected chi connectivity index (χ2v) is 6.64. The number of rotatable bonds is 7. The molecule has 1 aromatic carbocycles. The quantitative estimate of drug-likeness (QED) is 0.753. The average Bonchev–Trinajstić information content (AvgIpc) is 2.51. The lowest BCUT2D eigenvalue weighted by molar-refractivity contribution is 0.137. The zero-order chi connectivity index (χ0) is 15.1. The Morgan fingerprint density at radius 3 is 3.00 bits per heavy atom. The van der Waals surface area contributed by atoms with Gasteiger partial charge in [-0.3, -0.25) is 4.90 Å². The number of methoxy groups -OCH3 is 1. The summed E-state index contributed by atoms with van der Waals surface area (Å²) in [5.41, 5.74) is 1.32. The number of hydrogen-bond donors (Lipinski definition) is 1. The maximum Gasteiger partial charge on any atom is 0.119 e. The van der Waals surface area contributed by atoms with Gasteiger partial charge in [0.2, 0.25) is 0 Å².